The summed E-state index contributed by atoms with van der Waals surface area (Å²) in [4.78, 5) is 3.87. The van der Waals surface area contributed by atoms with Crippen molar-refractivity contribution in [1.82, 2.24) is 4.90 Å². The Labute approximate surface area is 120 Å². The van der Waals surface area contributed by atoms with Gasteiger partial charge in [0.05, 0.1) is 0 Å². The molecule has 1 aromatic rings. The summed E-state index contributed by atoms with van der Waals surface area (Å²) in [5, 5.41) is 0. The van der Waals surface area contributed by atoms with Crippen LogP contribution in [-0.4, -0.2) is 30.8 Å². The van der Waals surface area contributed by atoms with Crippen molar-refractivity contribution in [3.05, 3.63) is 29.8 Å². The molecule has 2 aliphatic rings. The molecule has 1 aromatic carbocycles. The van der Waals surface area contributed by atoms with Gasteiger partial charge < -0.3 is 5.73 Å². The number of nitrogens with zero attached hydrogens (tertiary/aromatic N) is 1. The second-order valence-corrected chi connectivity index (χ2v) is 7.21. The van der Waals surface area contributed by atoms with Gasteiger partial charge in [0.15, 0.2) is 0 Å². The molecule has 1 aliphatic heterocycles. The first-order chi connectivity index (χ1) is 9.26. The number of nitrogens with two attached hydrogens (primary N) is 1. The van der Waals surface area contributed by atoms with Gasteiger partial charge in [0, 0.05) is 23.2 Å². The highest BCUT2D eigenvalue weighted by Gasteiger charge is 2.29. The summed E-state index contributed by atoms with van der Waals surface area (Å²) in [6.45, 7) is 1.95. The maximum absolute atomic E-state index is 5.80. The summed E-state index contributed by atoms with van der Waals surface area (Å²) in [6, 6.07) is 9.79. The Bertz CT molecular complexity index is 413. The van der Waals surface area contributed by atoms with Crippen LogP contribution in [-0.2, 0) is 0 Å². The second kappa shape index (κ2) is 5.86. The molecular formula is C16H24N2S. The quantitative estimate of drug-likeness (QED) is 0.838. The summed E-state index contributed by atoms with van der Waals surface area (Å²) in [5.74, 6) is 2.97. The van der Waals surface area contributed by atoms with Crippen molar-refractivity contribution in [1.29, 1.82) is 0 Å². The normalized spacial score (nSPS) is 27.9. The third kappa shape index (κ3) is 3.33. The molecule has 0 amide bonds. The number of hydrogen-bond donors (Lipinski definition) is 1. The second-order valence-electron chi connectivity index (χ2n) is 6.12. The SMILES string of the molecule is CN1CC(CN)CC1c1ccc(SCC2CC2)cc1. The number of hydrogen-bond acceptors (Lipinski definition) is 3. The molecule has 1 aliphatic carbocycles. The highest BCUT2D eigenvalue weighted by Crippen LogP contribution is 2.37. The monoisotopic (exact) mass is 276 g/mol. The van der Waals surface area contributed by atoms with Crippen molar-refractivity contribution < 1.29 is 0 Å². The van der Waals surface area contributed by atoms with Crippen LogP contribution in [0.25, 0.3) is 0 Å². The average Bonchev–Trinajstić information content (AvgIpc) is 3.19. The maximum Gasteiger partial charge on any atom is 0.0348 e. The van der Waals surface area contributed by atoms with E-state index in [0.717, 1.165) is 19.0 Å². The maximum atomic E-state index is 5.80. The van der Waals surface area contributed by atoms with Crippen molar-refractivity contribution in [2.24, 2.45) is 17.6 Å². The van der Waals surface area contributed by atoms with Crippen LogP contribution in [0.1, 0.15) is 30.9 Å². The summed E-state index contributed by atoms with van der Waals surface area (Å²) in [5.41, 5.74) is 7.26. The molecule has 1 saturated carbocycles. The minimum absolute atomic E-state index is 0.566. The smallest absolute Gasteiger partial charge is 0.0348 e. The average molecular weight is 276 g/mol. The number of benzene rings is 1. The Morgan fingerprint density at radius 1 is 1.21 bits per heavy atom. The first-order valence-electron chi connectivity index (χ1n) is 7.39. The Balaban J connectivity index is 1.61. The molecule has 104 valence electrons. The van der Waals surface area contributed by atoms with E-state index in [4.69, 9.17) is 5.73 Å². The van der Waals surface area contributed by atoms with E-state index in [-0.39, 0.29) is 0 Å². The fraction of sp³-hybridized carbons (Fsp3) is 0.625. The van der Waals surface area contributed by atoms with Crippen molar-refractivity contribution in [3.63, 3.8) is 0 Å². The van der Waals surface area contributed by atoms with E-state index >= 15 is 0 Å². The van der Waals surface area contributed by atoms with Crippen LogP contribution >= 0.6 is 11.8 Å². The van der Waals surface area contributed by atoms with E-state index in [9.17, 15) is 0 Å². The molecule has 2 unspecified atom stereocenters. The molecular weight excluding hydrogens is 252 g/mol. The third-order valence-electron chi connectivity index (χ3n) is 4.42. The topological polar surface area (TPSA) is 29.3 Å². The van der Waals surface area contributed by atoms with Crippen LogP contribution in [0, 0.1) is 11.8 Å². The Morgan fingerprint density at radius 3 is 2.53 bits per heavy atom. The molecule has 0 radical (unpaired) electrons. The first kappa shape index (κ1) is 13.5. The molecule has 3 heteroatoms. The minimum Gasteiger partial charge on any atom is -0.330 e. The summed E-state index contributed by atoms with van der Waals surface area (Å²) in [7, 11) is 2.22. The zero-order chi connectivity index (χ0) is 13.2. The van der Waals surface area contributed by atoms with Gasteiger partial charge in [-0.3, -0.25) is 4.90 Å². The van der Waals surface area contributed by atoms with Gasteiger partial charge in [-0.05, 0) is 62.4 Å². The number of rotatable bonds is 5. The summed E-state index contributed by atoms with van der Waals surface area (Å²) in [6.07, 6.45) is 4.10. The van der Waals surface area contributed by atoms with Crippen LogP contribution in [0.2, 0.25) is 0 Å². The van der Waals surface area contributed by atoms with Crippen molar-refractivity contribution in [2.75, 3.05) is 25.9 Å². The zero-order valence-electron chi connectivity index (χ0n) is 11.7. The lowest BCUT2D eigenvalue weighted by Gasteiger charge is -2.19. The minimum atomic E-state index is 0.566. The highest BCUT2D eigenvalue weighted by molar-refractivity contribution is 7.99. The lowest BCUT2D eigenvalue weighted by atomic mass is 10.00. The molecule has 0 aromatic heterocycles. The lowest BCUT2D eigenvalue weighted by Crippen LogP contribution is -2.20. The van der Waals surface area contributed by atoms with Crippen LogP contribution in [0.5, 0.6) is 0 Å². The van der Waals surface area contributed by atoms with Gasteiger partial charge in [-0.2, -0.15) is 0 Å². The molecule has 2 atom stereocenters. The van der Waals surface area contributed by atoms with Gasteiger partial charge in [-0.25, -0.2) is 0 Å². The summed E-state index contributed by atoms with van der Waals surface area (Å²) < 4.78 is 0. The van der Waals surface area contributed by atoms with E-state index in [1.54, 1.807) is 0 Å². The van der Waals surface area contributed by atoms with Crippen molar-refractivity contribution in [2.45, 2.75) is 30.2 Å². The Kier molecular flexibility index (Phi) is 4.15. The predicted molar refractivity (Wildman–Crippen MR) is 82.4 cm³/mol. The molecule has 3 rings (SSSR count). The van der Waals surface area contributed by atoms with Crippen LogP contribution in [0.4, 0.5) is 0 Å². The summed E-state index contributed by atoms with van der Waals surface area (Å²) >= 11 is 2.01. The van der Waals surface area contributed by atoms with Gasteiger partial charge in [0.1, 0.15) is 0 Å². The van der Waals surface area contributed by atoms with Crippen LogP contribution in [0.15, 0.2) is 29.2 Å². The zero-order valence-corrected chi connectivity index (χ0v) is 12.5. The van der Waals surface area contributed by atoms with Gasteiger partial charge in [0.2, 0.25) is 0 Å². The van der Waals surface area contributed by atoms with E-state index < -0.39 is 0 Å². The van der Waals surface area contributed by atoms with Gasteiger partial charge in [-0.1, -0.05) is 12.1 Å². The van der Waals surface area contributed by atoms with E-state index in [1.807, 2.05) is 11.8 Å². The van der Waals surface area contributed by atoms with Crippen molar-refractivity contribution >= 4 is 11.8 Å². The molecule has 1 heterocycles. The standard InChI is InChI=1S/C16H24N2S/c1-18-10-13(9-17)8-16(18)14-4-6-15(7-5-14)19-11-12-2-3-12/h4-7,12-13,16H,2-3,8-11,17H2,1H3. The Morgan fingerprint density at radius 2 is 1.95 bits per heavy atom. The van der Waals surface area contributed by atoms with E-state index in [2.05, 4.69) is 36.2 Å². The number of likely N-dealkylation sites (tertiary alicyclic amines) is 1. The molecule has 0 bridgehead atoms. The fourth-order valence-electron chi connectivity index (χ4n) is 2.95. The van der Waals surface area contributed by atoms with Gasteiger partial charge in [0.25, 0.3) is 0 Å². The molecule has 19 heavy (non-hydrogen) atoms. The third-order valence-corrected chi connectivity index (χ3v) is 5.66. The van der Waals surface area contributed by atoms with E-state index in [1.165, 1.54) is 35.5 Å². The van der Waals surface area contributed by atoms with Gasteiger partial charge in [-0.15, -0.1) is 11.8 Å². The van der Waals surface area contributed by atoms with E-state index in [0.29, 0.717) is 12.0 Å². The van der Waals surface area contributed by atoms with Crippen molar-refractivity contribution in [3.8, 4) is 0 Å². The molecule has 2 fully saturated rings. The lowest BCUT2D eigenvalue weighted by molar-refractivity contribution is 0.313. The Hall–Kier alpha value is -0.510. The van der Waals surface area contributed by atoms with Crippen LogP contribution in [0.3, 0.4) is 0 Å². The largest absolute Gasteiger partial charge is 0.330 e. The molecule has 2 nitrogen and oxygen atoms in total. The molecule has 0 spiro atoms. The van der Waals surface area contributed by atoms with Gasteiger partial charge >= 0.3 is 0 Å². The number of thioether (sulfide) groups is 1. The van der Waals surface area contributed by atoms with Crippen LogP contribution < -0.4 is 5.73 Å². The first-order valence-corrected chi connectivity index (χ1v) is 8.38. The highest BCUT2D eigenvalue weighted by atomic mass is 32.2. The fourth-order valence-corrected chi connectivity index (χ4v) is 4.04. The predicted octanol–water partition coefficient (Wildman–Crippen LogP) is 3.14. The molecule has 1 saturated heterocycles. The molecule has 2 N–H and O–H groups in total.